The molecule has 2 unspecified atom stereocenters. The lowest BCUT2D eigenvalue weighted by Gasteiger charge is -2.31. The molecule has 3 nitrogen and oxygen atoms in total. The Bertz CT molecular complexity index is 1190. The van der Waals surface area contributed by atoms with E-state index < -0.39 is 0 Å². The van der Waals surface area contributed by atoms with Gasteiger partial charge in [-0.15, -0.1) is 0 Å². The summed E-state index contributed by atoms with van der Waals surface area (Å²) in [6.45, 7) is 5.64. The molecule has 0 aliphatic carbocycles. The maximum absolute atomic E-state index is 6.09. The van der Waals surface area contributed by atoms with Gasteiger partial charge in [0.1, 0.15) is 11.2 Å². The van der Waals surface area contributed by atoms with Gasteiger partial charge in [-0.1, -0.05) is 36.4 Å². The highest BCUT2D eigenvalue weighted by Crippen LogP contribution is 2.42. The molecule has 1 saturated heterocycles. The SMILES string of the molecule is Cc1cc2oc3ccccc3c2cc1N1C2Cc3ccccc3N(C2)C1C. The molecule has 27 heavy (non-hydrogen) atoms. The zero-order valence-electron chi connectivity index (χ0n) is 15.6. The monoisotopic (exact) mass is 354 g/mol. The Morgan fingerprint density at radius 2 is 1.70 bits per heavy atom. The van der Waals surface area contributed by atoms with E-state index in [-0.39, 0.29) is 0 Å². The average molecular weight is 354 g/mol. The lowest BCUT2D eigenvalue weighted by molar-refractivity contribution is 0.660. The fraction of sp³-hybridized carbons (Fsp3) is 0.250. The van der Waals surface area contributed by atoms with Crippen LogP contribution in [0.1, 0.15) is 18.1 Å². The first kappa shape index (κ1) is 15.2. The predicted octanol–water partition coefficient (Wildman–Crippen LogP) is 5.49. The van der Waals surface area contributed by atoms with E-state index in [4.69, 9.17) is 4.42 Å². The Hall–Kier alpha value is -2.94. The highest BCUT2D eigenvalue weighted by molar-refractivity contribution is 6.06. The molecule has 4 aromatic rings. The van der Waals surface area contributed by atoms with Crippen molar-refractivity contribution in [2.75, 3.05) is 16.3 Å². The van der Waals surface area contributed by atoms with E-state index in [0.717, 1.165) is 24.1 Å². The Morgan fingerprint density at radius 3 is 2.63 bits per heavy atom. The van der Waals surface area contributed by atoms with Crippen molar-refractivity contribution in [1.82, 2.24) is 0 Å². The van der Waals surface area contributed by atoms with Gasteiger partial charge in [0, 0.05) is 28.7 Å². The second kappa shape index (κ2) is 5.29. The van der Waals surface area contributed by atoms with Crippen molar-refractivity contribution in [1.29, 1.82) is 0 Å². The van der Waals surface area contributed by atoms with Crippen LogP contribution in [-0.4, -0.2) is 18.8 Å². The third-order valence-corrected chi connectivity index (χ3v) is 6.38. The van der Waals surface area contributed by atoms with Crippen LogP contribution in [0.4, 0.5) is 11.4 Å². The van der Waals surface area contributed by atoms with Crippen molar-refractivity contribution in [3.63, 3.8) is 0 Å². The number of furan rings is 1. The minimum atomic E-state index is 0.355. The molecule has 6 rings (SSSR count). The number of anilines is 2. The van der Waals surface area contributed by atoms with E-state index in [9.17, 15) is 0 Å². The summed E-state index contributed by atoms with van der Waals surface area (Å²) in [4.78, 5) is 5.18. The van der Waals surface area contributed by atoms with Gasteiger partial charge in [0.05, 0.1) is 12.2 Å². The maximum Gasteiger partial charge on any atom is 0.135 e. The summed E-state index contributed by atoms with van der Waals surface area (Å²) in [5, 5.41) is 2.42. The zero-order chi connectivity index (χ0) is 18.1. The number of fused-ring (bicyclic) bond motifs is 7. The fourth-order valence-electron chi connectivity index (χ4n) is 5.14. The topological polar surface area (TPSA) is 19.6 Å². The van der Waals surface area contributed by atoms with Crippen molar-refractivity contribution in [2.24, 2.45) is 0 Å². The van der Waals surface area contributed by atoms with Crippen LogP contribution in [0.3, 0.4) is 0 Å². The lowest BCUT2D eigenvalue weighted by atomic mass is 9.99. The molecular formula is C24H22N2O. The summed E-state index contributed by atoms with van der Waals surface area (Å²) in [6.07, 6.45) is 1.47. The van der Waals surface area contributed by atoms with E-state index in [2.05, 4.69) is 78.2 Å². The Kier molecular flexibility index (Phi) is 2.97. The fourth-order valence-corrected chi connectivity index (χ4v) is 5.14. The van der Waals surface area contributed by atoms with Gasteiger partial charge in [-0.3, -0.25) is 0 Å². The molecule has 3 heterocycles. The van der Waals surface area contributed by atoms with Crippen LogP contribution in [0.2, 0.25) is 0 Å². The molecule has 2 aliphatic rings. The van der Waals surface area contributed by atoms with Crippen LogP contribution in [0, 0.1) is 6.92 Å². The molecule has 2 atom stereocenters. The van der Waals surface area contributed by atoms with Crippen LogP contribution in [0.5, 0.6) is 0 Å². The Morgan fingerprint density at radius 1 is 0.889 bits per heavy atom. The standard InChI is InChI=1S/C24H22N2O/c1-15-11-24-20(19-8-4-6-10-23(19)27-24)13-22(15)26-16(2)25-14-18(26)12-17-7-3-5-9-21(17)25/h3-11,13,16,18H,12,14H2,1-2H3. The van der Waals surface area contributed by atoms with Gasteiger partial charge in [-0.25, -0.2) is 0 Å². The molecule has 1 aromatic heterocycles. The van der Waals surface area contributed by atoms with Gasteiger partial charge in [0.15, 0.2) is 0 Å². The number of para-hydroxylation sites is 2. The number of hydrogen-bond acceptors (Lipinski definition) is 3. The maximum atomic E-state index is 6.09. The second-order valence-electron chi connectivity index (χ2n) is 7.91. The van der Waals surface area contributed by atoms with Crippen LogP contribution in [-0.2, 0) is 6.42 Å². The highest BCUT2D eigenvalue weighted by Gasteiger charge is 2.41. The quantitative estimate of drug-likeness (QED) is 0.450. The van der Waals surface area contributed by atoms with E-state index in [1.807, 2.05) is 6.07 Å². The van der Waals surface area contributed by atoms with Crippen LogP contribution >= 0.6 is 0 Å². The van der Waals surface area contributed by atoms with Gasteiger partial charge in [-0.2, -0.15) is 0 Å². The molecule has 3 heteroatoms. The summed E-state index contributed by atoms with van der Waals surface area (Å²) < 4.78 is 6.09. The number of aryl methyl sites for hydroxylation is 1. The molecule has 0 amide bonds. The predicted molar refractivity (Wildman–Crippen MR) is 112 cm³/mol. The van der Waals surface area contributed by atoms with Crippen molar-refractivity contribution in [3.8, 4) is 0 Å². The van der Waals surface area contributed by atoms with E-state index in [1.54, 1.807) is 0 Å². The summed E-state index contributed by atoms with van der Waals surface area (Å²) >= 11 is 0. The van der Waals surface area contributed by atoms with Crippen LogP contribution < -0.4 is 9.80 Å². The first-order chi connectivity index (χ1) is 13.2. The first-order valence-electron chi connectivity index (χ1n) is 9.75. The van der Waals surface area contributed by atoms with Crippen molar-refractivity contribution < 1.29 is 4.42 Å². The van der Waals surface area contributed by atoms with Gasteiger partial charge < -0.3 is 14.2 Å². The smallest absolute Gasteiger partial charge is 0.135 e. The van der Waals surface area contributed by atoms with E-state index in [1.165, 1.54) is 33.3 Å². The van der Waals surface area contributed by atoms with Gasteiger partial charge >= 0.3 is 0 Å². The van der Waals surface area contributed by atoms with Gasteiger partial charge in [-0.05, 0) is 55.7 Å². The number of nitrogens with zero attached hydrogens (tertiary/aromatic N) is 2. The van der Waals surface area contributed by atoms with Gasteiger partial charge in [0.25, 0.3) is 0 Å². The second-order valence-corrected chi connectivity index (χ2v) is 7.91. The molecule has 0 N–H and O–H groups in total. The molecule has 0 radical (unpaired) electrons. The molecule has 2 bridgehead atoms. The Labute approximate surface area is 158 Å². The number of hydrogen-bond donors (Lipinski definition) is 0. The van der Waals surface area contributed by atoms with Crippen LogP contribution in [0.25, 0.3) is 21.9 Å². The number of benzene rings is 3. The minimum Gasteiger partial charge on any atom is -0.456 e. The zero-order valence-corrected chi connectivity index (χ0v) is 15.6. The van der Waals surface area contributed by atoms with Crippen molar-refractivity contribution in [3.05, 3.63) is 71.8 Å². The molecule has 1 fully saturated rings. The summed E-state index contributed by atoms with van der Waals surface area (Å²) in [5.74, 6) is 0. The van der Waals surface area contributed by atoms with Crippen LogP contribution in [0.15, 0.2) is 65.1 Å². The van der Waals surface area contributed by atoms with Gasteiger partial charge in [0.2, 0.25) is 0 Å². The first-order valence-corrected chi connectivity index (χ1v) is 9.75. The molecule has 134 valence electrons. The molecule has 0 saturated carbocycles. The molecule has 0 spiro atoms. The summed E-state index contributed by atoms with van der Waals surface area (Å²) in [7, 11) is 0. The lowest BCUT2D eigenvalue weighted by Crippen LogP contribution is -2.38. The number of rotatable bonds is 1. The normalized spacial score (nSPS) is 21.3. The third kappa shape index (κ3) is 2.03. The largest absolute Gasteiger partial charge is 0.456 e. The Balaban J connectivity index is 1.52. The summed E-state index contributed by atoms with van der Waals surface area (Å²) in [6, 6.07) is 22.3. The minimum absolute atomic E-state index is 0.355. The molecule has 3 aromatic carbocycles. The van der Waals surface area contributed by atoms with E-state index in [0.29, 0.717) is 12.2 Å². The molecular weight excluding hydrogens is 332 g/mol. The molecule has 2 aliphatic heterocycles. The highest BCUT2D eigenvalue weighted by atomic mass is 16.3. The summed E-state index contributed by atoms with van der Waals surface area (Å²) in [5.41, 5.74) is 7.43. The van der Waals surface area contributed by atoms with E-state index >= 15 is 0 Å². The average Bonchev–Trinajstić information content (AvgIpc) is 3.16. The van der Waals surface area contributed by atoms with Crippen molar-refractivity contribution >= 4 is 33.3 Å². The van der Waals surface area contributed by atoms with Crippen molar-refractivity contribution in [2.45, 2.75) is 32.5 Å². The third-order valence-electron chi connectivity index (χ3n) is 6.38.